The largest absolute Gasteiger partial charge is 0.322 e. The van der Waals surface area contributed by atoms with Gasteiger partial charge >= 0.3 is 0 Å². The van der Waals surface area contributed by atoms with Gasteiger partial charge < -0.3 is 5.32 Å². The number of thioether (sulfide) groups is 1. The number of carbonyl (C=O) groups excluding carboxylic acids is 2. The molecule has 8 heteroatoms. The Bertz CT molecular complexity index is 1190. The first-order chi connectivity index (χ1) is 15.3. The molecule has 0 aromatic heterocycles. The summed E-state index contributed by atoms with van der Waals surface area (Å²) >= 11 is 1.56. The molecule has 4 rings (SSSR count). The van der Waals surface area contributed by atoms with Crippen molar-refractivity contribution < 1.29 is 14.5 Å². The molecule has 1 unspecified atom stereocenters. The van der Waals surface area contributed by atoms with E-state index < -0.39 is 10.8 Å². The third-order valence-electron chi connectivity index (χ3n) is 5.13. The van der Waals surface area contributed by atoms with E-state index in [9.17, 15) is 19.7 Å². The number of hydrogen-bond donors (Lipinski definition) is 1. The zero-order valence-electron chi connectivity index (χ0n) is 17.6. The number of nitrogens with zero attached hydrogens (tertiary/aromatic N) is 2. The molecule has 1 saturated heterocycles. The van der Waals surface area contributed by atoms with E-state index in [0.29, 0.717) is 11.4 Å². The molecule has 0 aliphatic carbocycles. The predicted octanol–water partition coefficient (Wildman–Crippen LogP) is 5.24. The number of hydrogen-bond acceptors (Lipinski definition) is 5. The van der Waals surface area contributed by atoms with Gasteiger partial charge in [0.1, 0.15) is 5.37 Å². The Morgan fingerprint density at radius 1 is 1.06 bits per heavy atom. The van der Waals surface area contributed by atoms with E-state index in [1.54, 1.807) is 23.9 Å². The van der Waals surface area contributed by atoms with Gasteiger partial charge in [0.05, 0.1) is 10.7 Å². The van der Waals surface area contributed by atoms with Crippen LogP contribution < -0.4 is 10.2 Å². The fourth-order valence-electron chi connectivity index (χ4n) is 3.73. The lowest BCUT2D eigenvalue weighted by atomic mass is 10.1. The Labute approximate surface area is 189 Å². The van der Waals surface area contributed by atoms with Gasteiger partial charge in [0, 0.05) is 29.1 Å². The maximum Gasteiger partial charge on any atom is 0.270 e. The van der Waals surface area contributed by atoms with Crippen molar-refractivity contribution in [3.63, 3.8) is 0 Å². The number of aryl methyl sites for hydroxylation is 2. The Morgan fingerprint density at radius 3 is 2.41 bits per heavy atom. The van der Waals surface area contributed by atoms with Crippen molar-refractivity contribution in [1.29, 1.82) is 0 Å². The highest BCUT2D eigenvalue weighted by Gasteiger charge is 2.34. The first-order valence-electron chi connectivity index (χ1n) is 9.99. The molecule has 1 heterocycles. The van der Waals surface area contributed by atoms with E-state index in [1.807, 2.05) is 43.0 Å². The number of benzene rings is 3. The maximum absolute atomic E-state index is 12.6. The van der Waals surface area contributed by atoms with Crippen LogP contribution in [0.1, 0.15) is 32.4 Å². The Balaban J connectivity index is 1.53. The number of rotatable bonds is 5. The molecular weight excluding hydrogens is 426 g/mol. The minimum absolute atomic E-state index is 0.0630. The number of amides is 2. The lowest BCUT2D eigenvalue weighted by Crippen LogP contribution is -2.28. The van der Waals surface area contributed by atoms with Crippen LogP contribution in [0.15, 0.2) is 66.7 Å². The van der Waals surface area contributed by atoms with Crippen molar-refractivity contribution in [2.24, 2.45) is 0 Å². The molecule has 1 aliphatic rings. The van der Waals surface area contributed by atoms with Gasteiger partial charge in [-0.15, -0.1) is 11.8 Å². The summed E-state index contributed by atoms with van der Waals surface area (Å²) in [6, 6.07) is 19.0. The highest BCUT2D eigenvalue weighted by Crippen LogP contribution is 2.42. The highest BCUT2D eigenvalue weighted by molar-refractivity contribution is 8.00. The minimum Gasteiger partial charge on any atom is -0.322 e. The zero-order valence-corrected chi connectivity index (χ0v) is 18.4. The van der Waals surface area contributed by atoms with E-state index in [4.69, 9.17) is 0 Å². The van der Waals surface area contributed by atoms with E-state index in [1.165, 1.54) is 24.3 Å². The maximum atomic E-state index is 12.6. The normalized spacial score (nSPS) is 15.6. The average molecular weight is 448 g/mol. The van der Waals surface area contributed by atoms with E-state index in [2.05, 4.69) is 11.4 Å². The molecule has 7 nitrogen and oxygen atoms in total. The van der Waals surface area contributed by atoms with Crippen LogP contribution in [-0.4, -0.2) is 22.5 Å². The van der Waals surface area contributed by atoms with Crippen LogP contribution in [0.3, 0.4) is 0 Å². The van der Waals surface area contributed by atoms with Crippen molar-refractivity contribution in [2.45, 2.75) is 19.2 Å². The van der Waals surface area contributed by atoms with Crippen LogP contribution in [-0.2, 0) is 4.79 Å². The lowest BCUT2D eigenvalue weighted by Gasteiger charge is -2.25. The van der Waals surface area contributed by atoms with Crippen molar-refractivity contribution in [3.8, 4) is 0 Å². The van der Waals surface area contributed by atoms with Crippen LogP contribution >= 0.6 is 11.8 Å². The van der Waals surface area contributed by atoms with Crippen LogP contribution in [0.5, 0.6) is 0 Å². The van der Waals surface area contributed by atoms with Crippen molar-refractivity contribution >= 4 is 40.6 Å². The molecule has 1 fully saturated rings. The molecule has 0 bridgehead atoms. The summed E-state index contributed by atoms with van der Waals surface area (Å²) in [5, 5.41) is 13.5. The number of nitrogens with one attached hydrogen (secondary N) is 1. The molecule has 1 atom stereocenters. The number of carbonyl (C=O) groups is 2. The summed E-state index contributed by atoms with van der Waals surface area (Å²) in [5.41, 5.74) is 4.67. The molecule has 0 saturated carbocycles. The van der Waals surface area contributed by atoms with Crippen molar-refractivity contribution in [3.05, 3.63) is 99.1 Å². The summed E-state index contributed by atoms with van der Waals surface area (Å²) in [5.74, 6) is 0.0416. The molecule has 32 heavy (non-hydrogen) atoms. The van der Waals surface area contributed by atoms with E-state index in [-0.39, 0.29) is 22.5 Å². The predicted molar refractivity (Wildman–Crippen MR) is 126 cm³/mol. The van der Waals surface area contributed by atoms with Crippen molar-refractivity contribution in [2.75, 3.05) is 16.0 Å². The molecule has 1 N–H and O–H groups in total. The summed E-state index contributed by atoms with van der Waals surface area (Å²) in [6.07, 6.45) is 0. The molecule has 1 aliphatic heterocycles. The topological polar surface area (TPSA) is 92.6 Å². The first-order valence-corrected chi connectivity index (χ1v) is 11.0. The van der Waals surface area contributed by atoms with Gasteiger partial charge in [-0.05, 0) is 60.9 Å². The second-order valence-corrected chi connectivity index (χ2v) is 8.73. The summed E-state index contributed by atoms with van der Waals surface area (Å²) < 4.78 is 0. The van der Waals surface area contributed by atoms with Gasteiger partial charge in [-0.2, -0.15) is 0 Å². The molecular formula is C24H21N3O4S. The van der Waals surface area contributed by atoms with Gasteiger partial charge in [-0.1, -0.05) is 24.3 Å². The van der Waals surface area contributed by atoms with Gasteiger partial charge in [-0.3, -0.25) is 24.6 Å². The summed E-state index contributed by atoms with van der Waals surface area (Å²) in [6.45, 7) is 4.02. The smallest absolute Gasteiger partial charge is 0.270 e. The second-order valence-electron chi connectivity index (χ2n) is 7.66. The summed E-state index contributed by atoms with van der Waals surface area (Å²) in [7, 11) is 0. The SMILES string of the molecule is Cc1cc(C)cc(N2C(=O)CSC2c2ccc(NC(=O)c3cccc([N+](=O)[O-])c3)cc2)c1. The Morgan fingerprint density at radius 2 is 1.75 bits per heavy atom. The van der Waals surface area contributed by atoms with E-state index >= 15 is 0 Å². The van der Waals surface area contributed by atoms with Crippen LogP contribution in [0, 0.1) is 24.0 Å². The number of nitro groups is 1. The third-order valence-corrected chi connectivity index (χ3v) is 6.34. The first kappa shape index (κ1) is 21.6. The van der Waals surface area contributed by atoms with Crippen molar-refractivity contribution in [1.82, 2.24) is 0 Å². The van der Waals surface area contributed by atoms with Gasteiger partial charge in [0.2, 0.25) is 5.91 Å². The van der Waals surface area contributed by atoms with Crippen LogP contribution in [0.4, 0.5) is 17.1 Å². The monoisotopic (exact) mass is 447 g/mol. The zero-order chi connectivity index (χ0) is 22.8. The van der Waals surface area contributed by atoms with Gasteiger partial charge in [-0.25, -0.2) is 0 Å². The molecule has 3 aromatic carbocycles. The standard InChI is InChI=1S/C24H21N3O4S/c1-15-10-16(2)12-21(11-15)26-22(28)14-32-24(26)17-6-8-19(9-7-17)25-23(29)18-4-3-5-20(13-18)27(30)31/h3-13,24H,14H2,1-2H3,(H,25,29). The Kier molecular flexibility index (Phi) is 5.96. The molecule has 2 amide bonds. The molecule has 0 spiro atoms. The third kappa shape index (κ3) is 4.50. The number of non-ortho nitro benzene ring substituents is 1. The molecule has 0 radical (unpaired) electrons. The number of nitro benzene ring substituents is 1. The van der Waals surface area contributed by atoms with Crippen LogP contribution in [0.25, 0.3) is 0 Å². The quantitative estimate of drug-likeness (QED) is 0.426. The average Bonchev–Trinajstić information content (AvgIpc) is 3.15. The van der Waals surface area contributed by atoms with Crippen LogP contribution in [0.2, 0.25) is 0 Å². The number of anilines is 2. The van der Waals surface area contributed by atoms with Gasteiger partial charge in [0.25, 0.3) is 11.6 Å². The molecule has 162 valence electrons. The second kappa shape index (κ2) is 8.84. The Hall–Kier alpha value is -3.65. The van der Waals surface area contributed by atoms with Gasteiger partial charge in [0.15, 0.2) is 0 Å². The summed E-state index contributed by atoms with van der Waals surface area (Å²) in [4.78, 5) is 37.3. The fourth-order valence-corrected chi connectivity index (χ4v) is 4.91. The fraction of sp³-hybridized carbons (Fsp3) is 0.167. The molecule has 3 aromatic rings. The minimum atomic E-state index is -0.534. The van der Waals surface area contributed by atoms with E-state index in [0.717, 1.165) is 22.4 Å². The lowest BCUT2D eigenvalue weighted by molar-refractivity contribution is -0.384. The highest BCUT2D eigenvalue weighted by atomic mass is 32.2.